The maximum Gasteiger partial charge on any atom is 2.00 e. The number of nitrogens with zero attached hydrogens (tertiary/aromatic N) is 1. The summed E-state index contributed by atoms with van der Waals surface area (Å²) in [6.07, 6.45) is 5.00. The van der Waals surface area contributed by atoms with Crippen molar-refractivity contribution in [2.24, 2.45) is 34.6 Å². The van der Waals surface area contributed by atoms with Crippen LogP contribution in [0.15, 0.2) is 59.6 Å². The average molecular weight is 716 g/mol. The van der Waals surface area contributed by atoms with Gasteiger partial charge in [-0.15, -0.1) is 0 Å². The number of ketones is 1. The van der Waals surface area contributed by atoms with Crippen LogP contribution in [0.1, 0.15) is 126 Å². The van der Waals surface area contributed by atoms with Crippen LogP contribution in [0.5, 0.6) is 0 Å². The van der Waals surface area contributed by atoms with Crippen molar-refractivity contribution in [3.05, 3.63) is 79.6 Å². The van der Waals surface area contributed by atoms with Crippen LogP contribution in [-0.2, 0) is 39.3 Å². The Hall–Kier alpha value is -2.21. The molecule has 1 heterocycles. The number of amides is 1. The number of methoxy groups -OCH3 is 1. The summed E-state index contributed by atoms with van der Waals surface area (Å²) in [5, 5.41) is 2.62. The topological polar surface area (TPSA) is 67.8 Å². The van der Waals surface area contributed by atoms with Crippen LogP contribution in [-0.4, -0.2) is 37.2 Å². The second kappa shape index (κ2) is 30.6. The van der Waals surface area contributed by atoms with Crippen molar-refractivity contribution < 1.29 is 32.9 Å². The van der Waals surface area contributed by atoms with Gasteiger partial charge in [-0.1, -0.05) is 124 Å². The molecule has 1 N–H and O–H groups in total. The van der Waals surface area contributed by atoms with Gasteiger partial charge in [0.25, 0.3) is 0 Å². The van der Waals surface area contributed by atoms with E-state index in [0.717, 1.165) is 50.0 Å². The zero-order valence-corrected chi connectivity index (χ0v) is 34.9. The molecule has 2 aromatic rings. The summed E-state index contributed by atoms with van der Waals surface area (Å²) in [7, 11) is 1.74. The summed E-state index contributed by atoms with van der Waals surface area (Å²) in [4.78, 5) is 26.2. The molecule has 0 fully saturated rings. The van der Waals surface area contributed by atoms with Crippen LogP contribution in [0.3, 0.4) is 0 Å². The van der Waals surface area contributed by atoms with Gasteiger partial charge in [-0.25, -0.2) is 0 Å². The predicted octanol–water partition coefficient (Wildman–Crippen LogP) is 11.3. The number of Topliss-reactive ketones (excluding diaryl/α,β-unsaturated/α-hetero) is 1. The summed E-state index contributed by atoms with van der Waals surface area (Å²) >= 11 is 0. The molecule has 0 saturated carbocycles. The number of carbonyl (C=O) groups is 2. The van der Waals surface area contributed by atoms with E-state index >= 15 is 0 Å². The van der Waals surface area contributed by atoms with Crippen molar-refractivity contribution in [2.45, 2.75) is 127 Å². The van der Waals surface area contributed by atoms with E-state index in [4.69, 9.17) is 4.74 Å². The Kier molecular flexibility index (Phi) is 32.0. The van der Waals surface area contributed by atoms with Gasteiger partial charge in [0.2, 0.25) is 5.91 Å². The van der Waals surface area contributed by atoms with E-state index in [2.05, 4.69) is 122 Å². The Labute approximate surface area is 315 Å². The minimum atomic E-state index is -0.303. The number of ether oxygens (including phenoxy) is 1. The van der Waals surface area contributed by atoms with Gasteiger partial charge in [0.15, 0.2) is 5.78 Å². The molecule has 0 bridgehead atoms. The van der Waals surface area contributed by atoms with E-state index < -0.39 is 0 Å². The second-order valence-electron chi connectivity index (χ2n) is 14.4. The molecule has 1 aliphatic heterocycles. The Morgan fingerprint density at radius 2 is 1.33 bits per heavy atom. The molecule has 0 spiro atoms. The van der Waals surface area contributed by atoms with Crippen molar-refractivity contribution in [1.29, 1.82) is 0 Å². The van der Waals surface area contributed by atoms with Gasteiger partial charge in [-0.3, -0.25) is 14.6 Å². The van der Waals surface area contributed by atoms with Gasteiger partial charge in [-0.05, 0) is 66.5 Å². The first-order valence-corrected chi connectivity index (χ1v) is 18.1. The summed E-state index contributed by atoms with van der Waals surface area (Å²) in [5.41, 5.74) is 5.27. The third kappa shape index (κ3) is 27.2. The Morgan fingerprint density at radius 3 is 1.63 bits per heavy atom. The molecule has 2 aromatic carbocycles. The van der Waals surface area contributed by atoms with E-state index in [1.54, 1.807) is 7.11 Å². The molecule has 1 aliphatic rings. The standard InChI is InChI=1S/C11H13N.C9H17NO2.C9H12.C8H16.C6H14O.V/c1-8(2)11-7-9-5-3-4-6-10(9)12-11;1-6(2)5-9(7(3)11)10-8(4)12;1-8(2)9-6-4-3-5-7-9;1-5-8(6-2)7(3)4;1-6(2)4-5-7-3;/h3-6,8H,7H2,1-2H3;6,9H,5H2,1-4H3,(H,10,12);3-8H,1-2H3;7-8H,1-2,5-6H2,3-4H3;6H,4-5H2,1-3H3;/q;;;-2;;+2/t;9-;;;;/m.1..../s1. The smallest absolute Gasteiger partial charge is 0.385 e. The van der Waals surface area contributed by atoms with Crippen LogP contribution in [0.25, 0.3) is 0 Å². The number of aliphatic imine (C=N–C) groups is 1. The third-order valence-electron chi connectivity index (χ3n) is 7.92. The number of nitrogens with one attached hydrogen (secondary N) is 1. The van der Waals surface area contributed by atoms with E-state index in [1.165, 1.54) is 42.8 Å². The van der Waals surface area contributed by atoms with Crippen molar-refractivity contribution >= 4 is 23.1 Å². The monoisotopic (exact) mass is 715 g/mol. The summed E-state index contributed by atoms with van der Waals surface area (Å²) in [5.74, 6) is 3.81. The first-order chi connectivity index (χ1) is 22.5. The number of hydrogen-bond acceptors (Lipinski definition) is 4. The Balaban J connectivity index is -0.000000546. The predicted molar refractivity (Wildman–Crippen MR) is 210 cm³/mol. The molecule has 1 atom stereocenters. The molecule has 0 aliphatic carbocycles. The zero-order valence-electron chi connectivity index (χ0n) is 33.5. The summed E-state index contributed by atoms with van der Waals surface area (Å²) in [6, 6.07) is 18.6. The first-order valence-electron chi connectivity index (χ1n) is 18.1. The zero-order chi connectivity index (χ0) is 37.2. The Bertz CT molecular complexity index is 1120. The largest absolute Gasteiger partial charge is 2.00 e. The molecule has 277 valence electrons. The van der Waals surface area contributed by atoms with Crippen molar-refractivity contribution in [1.82, 2.24) is 5.32 Å². The SMILES string of the molecule is CC(=O)N[C@H](CC(C)C)C(C)=O.CC(C)C1=Nc2ccccc2C1.CC(C)c1ccccc1.COCCC(C)C.[CH2-]CC(C[CH2-])C(C)C.[V+2]. The van der Waals surface area contributed by atoms with Crippen molar-refractivity contribution in [3.8, 4) is 0 Å². The second-order valence-corrected chi connectivity index (χ2v) is 14.4. The van der Waals surface area contributed by atoms with Crippen molar-refractivity contribution in [3.63, 3.8) is 0 Å². The van der Waals surface area contributed by atoms with E-state index in [0.29, 0.717) is 17.8 Å². The number of benzene rings is 2. The van der Waals surface area contributed by atoms with Crippen LogP contribution in [0.4, 0.5) is 5.69 Å². The third-order valence-corrected chi connectivity index (χ3v) is 7.92. The molecular formula is C43H72N2O3V. The van der Waals surface area contributed by atoms with E-state index in [1.807, 2.05) is 26.0 Å². The minimum absolute atomic E-state index is 0. The van der Waals surface area contributed by atoms with Gasteiger partial charge in [0, 0.05) is 32.8 Å². The van der Waals surface area contributed by atoms with E-state index in [9.17, 15) is 9.59 Å². The number of rotatable bonds is 12. The van der Waals surface area contributed by atoms with Crippen LogP contribution >= 0.6 is 0 Å². The maximum absolute atomic E-state index is 11.0. The fourth-order valence-electron chi connectivity index (χ4n) is 4.54. The van der Waals surface area contributed by atoms with Crippen LogP contribution in [0.2, 0.25) is 0 Å². The molecule has 5 nitrogen and oxygen atoms in total. The van der Waals surface area contributed by atoms with Gasteiger partial charge in [0.05, 0.1) is 11.7 Å². The molecule has 6 heteroatoms. The summed E-state index contributed by atoms with van der Waals surface area (Å²) < 4.78 is 4.85. The van der Waals surface area contributed by atoms with Gasteiger partial charge >= 0.3 is 18.6 Å². The number of carbonyl (C=O) groups excluding carboxylic acids is 2. The minimum Gasteiger partial charge on any atom is -0.385 e. The van der Waals surface area contributed by atoms with Crippen molar-refractivity contribution in [2.75, 3.05) is 13.7 Å². The van der Waals surface area contributed by atoms with E-state index in [-0.39, 0.29) is 36.3 Å². The number of hydrogen-bond donors (Lipinski definition) is 1. The molecule has 0 unspecified atom stereocenters. The molecule has 1 radical (unpaired) electrons. The molecule has 1 amide bonds. The molecular weight excluding hydrogens is 643 g/mol. The average Bonchev–Trinajstić information content (AvgIpc) is 3.46. The fraction of sp³-hybridized carbons (Fsp3) is 0.605. The molecule has 3 rings (SSSR count). The van der Waals surface area contributed by atoms with Crippen LogP contribution < -0.4 is 5.32 Å². The fourth-order valence-corrected chi connectivity index (χ4v) is 4.54. The first kappa shape index (κ1) is 51.2. The quantitative estimate of drug-likeness (QED) is 0.222. The van der Waals surface area contributed by atoms with Crippen LogP contribution in [0, 0.1) is 43.4 Å². The normalized spacial score (nSPS) is 11.9. The van der Waals surface area contributed by atoms with Gasteiger partial charge < -0.3 is 23.9 Å². The van der Waals surface area contributed by atoms with Gasteiger partial charge in [-0.2, -0.15) is 12.8 Å². The molecule has 0 aromatic heterocycles. The maximum atomic E-state index is 11.0. The summed E-state index contributed by atoms with van der Waals surface area (Å²) in [6.45, 7) is 33.2. The molecule has 0 saturated heterocycles. The Morgan fingerprint density at radius 1 is 0.796 bits per heavy atom. The number of fused-ring (bicyclic) bond motifs is 1. The van der Waals surface area contributed by atoms with Gasteiger partial charge in [0.1, 0.15) is 0 Å². The number of para-hydroxylation sites is 1. The molecule has 49 heavy (non-hydrogen) atoms.